The van der Waals surface area contributed by atoms with E-state index in [9.17, 15) is 23.1 Å². The number of nitrogens with zero attached hydrogens (tertiary/aromatic N) is 3. The molecule has 0 saturated carbocycles. The van der Waals surface area contributed by atoms with Crippen molar-refractivity contribution in [3.05, 3.63) is 47.1 Å². The lowest BCUT2D eigenvalue weighted by Crippen LogP contribution is -2.45. The minimum absolute atomic E-state index is 0.0487. The molecule has 11 heteroatoms. The van der Waals surface area contributed by atoms with Crippen molar-refractivity contribution < 1.29 is 37.5 Å². The Kier molecular flexibility index (Phi) is 7.19. The van der Waals surface area contributed by atoms with Crippen LogP contribution in [0, 0.1) is 13.8 Å². The van der Waals surface area contributed by atoms with Gasteiger partial charge in [0.15, 0.2) is 0 Å². The number of hydrogen-bond donors (Lipinski definition) is 2. The molecule has 2 aromatic rings. The third-order valence-electron chi connectivity index (χ3n) is 4.89. The molecule has 1 fully saturated rings. The molecule has 0 aromatic carbocycles. The summed E-state index contributed by atoms with van der Waals surface area (Å²) in [6.07, 6.45) is -0.360. The fourth-order valence-electron chi connectivity index (χ4n) is 3.07. The van der Waals surface area contributed by atoms with Gasteiger partial charge in [0.2, 0.25) is 5.91 Å². The Bertz CT molecular complexity index is 856. The average Bonchev–Trinajstić information content (AvgIpc) is 3.01. The number of aliphatic hydroxyl groups is 1. The number of aryl methyl sites for hydroxylation is 2. The number of aromatic nitrogens is 2. The first-order chi connectivity index (χ1) is 13.9. The first kappa shape index (κ1) is 23.3. The number of likely N-dealkylation sites (tertiary alicyclic amines) is 1. The van der Waals surface area contributed by atoms with Crippen molar-refractivity contribution in [1.29, 1.82) is 0 Å². The largest absolute Gasteiger partial charge is 0.490 e. The summed E-state index contributed by atoms with van der Waals surface area (Å²) in [6.45, 7) is 4.73. The predicted octanol–water partition coefficient (Wildman–Crippen LogP) is 2.37. The van der Waals surface area contributed by atoms with Gasteiger partial charge in [-0.25, -0.2) is 4.79 Å². The highest BCUT2D eigenvalue weighted by atomic mass is 19.4. The number of pyridine rings is 1. The molecule has 0 aliphatic carbocycles. The van der Waals surface area contributed by atoms with E-state index < -0.39 is 17.7 Å². The number of carbonyl (C=O) groups is 2. The molecule has 0 atom stereocenters. The van der Waals surface area contributed by atoms with Crippen LogP contribution in [-0.4, -0.2) is 56.4 Å². The zero-order valence-electron chi connectivity index (χ0n) is 16.4. The topological polar surface area (TPSA) is 117 Å². The molecular weight excluding hydrogens is 407 g/mol. The molecule has 2 N–H and O–H groups in total. The highest BCUT2D eigenvalue weighted by Crippen LogP contribution is 2.32. The van der Waals surface area contributed by atoms with Gasteiger partial charge in [-0.3, -0.25) is 9.78 Å². The first-order valence-corrected chi connectivity index (χ1v) is 9.06. The lowest BCUT2D eigenvalue weighted by atomic mass is 9.85. The Labute approximate surface area is 170 Å². The van der Waals surface area contributed by atoms with Crippen LogP contribution >= 0.6 is 0 Å². The summed E-state index contributed by atoms with van der Waals surface area (Å²) in [5.41, 5.74) is 1.55. The van der Waals surface area contributed by atoms with E-state index >= 15 is 0 Å². The summed E-state index contributed by atoms with van der Waals surface area (Å²) in [7, 11) is 0. The first-order valence-electron chi connectivity index (χ1n) is 9.06. The minimum atomic E-state index is -5.08. The van der Waals surface area contributed by atoms with Crippen LogP contribution in [-0.2, 0) is 21.6 Å². The molecule has 0 bridgehead atoms. The monoisotopic (exact) mass is 429 g/mol. The van der Waals surface area contributed by atoms with E-state index in [-0.39, 0.29) is 5.91 Å². The van der Waals surface area contributed by atoms with Crippen molar-refractivity contribution in [2.45, 2.75) is 44.9 Å². The summed E-state index contributed by atoms with van der Waals surface area (Å²) in [6, 6.07) is 3.70. The minimum Gasteiger partial charge on any atom is -0.475 e. The lowest BCUT2D eigenvalue weighted by molar-refractivity contribution is -0.192. The maximum Gasteiger partial charge on any atom is 0.490 e. The molecule has 2 aromatic heterocycles. The maximum absolute atomic E-state index is 12.5. The molecule has 1 amide bonds. The number of carboxylic acids is 1. The molecule has 3 rings (SSSR count). The van der Waals surface area contributed by atoms with Gasteiger partial charge in [-0.2, -0.15) is 13.2 Å². The molecule has 0 radical (unpaired) electrons. The van der Waals surface area contributed by atoms with E-state index in [1.54, 1.807) is 17.3 Å². The SMILES string of the molecule is Cc1noc(C)c1CC(=O)N1CCC(O)(c2cccnc2)CC1.O=C(O)C(F)(F)F. The van der Waals surface area contributed by atoms with Crippen LogP contribution in [0.15, 0.2) is 29.0 Å². The van der Waals surface area contributed by atoms with Crippen LogP contribution in [0.2, 0.25) is 0 Å². The van der Waals surface area contributed by atoms with E-state index in [1.807, 2.05) is 26.0 Å². The van der Waals surface area contributed by atoms with E-state index in [0.29, 0.717) is 38.1 Å². The predicted molar refractivity (Wildman–Crippen MR) is 97.3 cm³/mol. The van der Waals surface area contributed by atoms with Crippen molar-refractivity contribution in [2.75, 3.05) is 13.1 Å². The van der Waals surface area contributed by atoms with Gasteiger partial charge in [0.25, 0.3) is 0 Å². The highest BCUT2D eigenvalue weighted by molar-refractivity contribution is 5.79. The lowest BCUT2D eigenvalue weighted by Gasteiger charge is -2.38. The molecule has 164 valence electrons. The highest BCUT2D eigenvalue weighted by Gasteiger charge is 2.38. The Balaban J connectivity index is 0.000000396. The van der Waals surface area contributed by atoms with Crippen LogP contribution in [0.3, 0.4) is 0 Å². The second kappa shape index (κ2) is 9.24. The van der Waals surface area contributed by atoms with Crippen molar-refractivity contribution >= 4 is 11.9 Å². The Hall–Kier alpha value is -2.95. The Morgan fingerprint density at radius 3 is 2.30 bits per heavy atom. The average molecular weight is 429 g/mol. The van der Waals surface area contributed by atoms with Crippen LogP contribution < -0.4 is 0 Å². The van der Waals surface area contributed by atoms with E-state index in [0.717, 1.165) is 16.8 Å². The third-order valence-corrected chi connectivity index (χ3v) is 4.89. The van der Waals surface area contributed by atoms with Gasteiger partial charge in [0, 0.05) is 36.6 Å². The molecule has 1 saturated heterocycles. The van der Waals surface area contributed by atoms with Gasteiger partial charge in [-0.1, -0.05) is 11.2 Å². The second-order valence-electron chi connectivity index (χ2n) is 6.94. The number of carboxylic acid groups (broad SMARTS) is 1. The molecule has 0 spiro atoms. The van der Waals surface area contributed by atoms with E-state index in [1.165, 1.54) is 0 Å². The summed E-state index contributed by atoms with van der Waals surface area (Å²) in [4.78, 5) is 27.2. The molecule has 0 unspecified atom stereocenters. The van der Waals surface area contributed by atoms with Crippen molar-refractivity contribution in [3.63, 3.8) is 0 Å². The van der Waals surface area contributed by atoms with Crippen molar-refractivity contribution in [1.82, 2.24) is 15.0 Å². The summed E-state index contributed by atoms with van der Waals surface area (Å²) in [5, 5.41) is 21.8. The zero-order chi connectivity index (χ0) is 22.5. The van der Waals surface area contributed by atoms with Gasteiger partial charge in [0.1, 0.15) is 5.76 Å². The Morgan fingerprint density at radius 1 is 1.27 bits per heavy atom. The third kappa shape index (κ3) is 5.78. The van der Waals surface area contributed by atoms with Crippen LogP contribution in [0.25, 0.3) is 0 Å². The quantitative estimate of drug-likeness (QED) is 0.769. The number of piperidine rings is 1. The van der Waals surface area contributed by atoms with Crippen LogP contribution in [0.4, 0.5) is 13.2 Å². The normalized spacial score (nSPS) is 15.9. The maximum atomic E-state index is 12.5. The number of rotatable bonds is 3. The molecule has 8 nitrogen and oxygen atoms in total. The smallest absolute Gasteiger partial charge is 0.475 e. The van der Waals surface area contributed by atoms with Gasteiger partial charge in [-0.15, -0.1) is 0 Å². The number of alkyl halides is 3. The molecule has 1 aliphatic rings. The Morgan fingerprint density at radius 2 is 1.87 bits per heavy atom. The standard InChI is InChI=1S/C17H21N3O3.C2HF3O2/c1-12-15(13(2)23-19-12)10-16(21)20-8-5-17(22,6-9-20)14-4-3-7-18-11-14;3-2(4,5)1(6)7/h3-4,7,11,22H,5-6,8-10H2,1-2H3;(H,6,7). The number of hydrogen-bond acceptors (Lipinski definition) is 6. The number of carbonyl (C=O) groups excluding carboxylic acids is 1. The second-order valence-corrected chi connectivity index (χ2v) is 6.94. The number of aliphatic carboxylic acids is 1. The summed E-state index contributed by atoms with van der Waals surface area (Å²) in [5.74, 6) is -2.01. The van der Waals surface area contributed by atoms with Crippen molar-refractivity contribution in [3.8, 4) is 0 Å². The summed E-state index contributed by atoms with van der Waals surface area (Å²) < 4.78 is 36.8. The van der Waals surface area contributed by atoms with Gasteiger partial charge < -0.3 is 19.6 Å². The van der Waals surface area contributed by atoms with Crippen LogP contribution in [0.5, 0.6) is 0 Å². The van der Waals surface area contributed by atoms with Gasteiger partial charge in [-0.05, 0) is 32.8 Å². The molecule has 3 heterocycles. The molecule has 30 heavy (non-hydrogen) atoms. The number of amides is 1. The number of halogens is 3. The van der Waals surface area contributed by atoms with Gasteiger partial charge >= 0.3 is 12.1 Å². The van der Waals surface area contributed by atoms with Gasteiger partial charge in [0.05, 0.1) is 17.7 Å². The molecule has 1 aliphatic heterocycles. The van der Waals surface area contributed by atoms with E-state index in [2.05, 4.69) is 10.1 Å². The van der Waals surface area contributed by atoms with Crippen molar-refractivity contribution in [2.24, 2.45) is 0 Å². The fraction of sp³-hybridized carbons (Fsp3) is 0.474. The summed E-state index contributed by atoms with van der Waals surface area (Å²) >= 11 is 0. The van der Waals surface area contributed by atoms with E-state index in [4.69, 9.17) is 14.4 Å². The zero-order valence-corrected chi connectivity index (χ0v) is 16.4. The van der Waals surface area contributed by atoms with Crippen LogP contribution in [0.1, 0.15) is 35.4 Å². The molecular formula is C19H22F3N3O5. The fourth-order valence-corrected chi connectivity index (χ4v) is 3.07.